The van der Waals surface area contributed by atoms with Crippen LogP contribution in [0.15, 0.2) is 42.5 Å². The number of tetrazole rings is 1. The maximum absolute atomic E-state index is 12.8. The number of nitrogens with zero attached hydrogens (tertiary/aromatic N) is 5. The van der Waals surface area contributed by atoms with Gasteiger partial charge in [-0.25, -0.2) is 4.68 Å². The number of rotatable bonds is 6. The first-order valence-electron chi connectivity index (χ1n) is 8.32. The van der Waals surface area contributed by atoms with Crippen molar-refractivity contribution in [2.45, 2.75) is 6.54 Å². The van der Waals surface area contributed by atoms with Crippen molar-refractivity contribution in [3.63, 3.8) is 0 Å². The second-order valence-corrected chi connectivity index (χ2v) is 6.06. The first kappa shape index (κ1) is 18.4. The zero-order valence-corrected chi connectivity index (χ0v) is 15.7. The molecule has 3 aromatic rings. The van der Waals surface area contributed by atoms with Gasteiger partial charge in [0.15, 0.2) is 17.3 Å². The summed E-state index contributed by atoms with van der Waals surface area (Å²) in [4.78, 5) is 14.5. The van der Waals surface area contributed by atoms with Gasteiger partial charge >= 0.3 is 0 Å². The number of aryl methyl sites for hydroxylation is 1. The third kappa shape index (κ3) is 3.89. The number of carbonyl (C=O) groups is 1. The van der Waals surface area contributed by atoms with Crippen LogP contribution >= 0.6 is 0 Å². The lowest BCUT2D eigenvalue weighted by Gasteiger charge is -2.18. The standard InChI is InChI=1S/C19H21N5O3/c1-23(12-13-8-9-16(26-3)17(10-13)27-4)19(25)15-7-5-6-14(11-15)18-20-21-22-24(18)2/h5-11H,12H2,1-4H3. The van der Waals surface area contributed by atoms with E-state index in [2.05, 4.69) is 15.5 Å². The Hall–Kier alpha value is -3.42. The van der Waals surface area contributed by atoms with Crippen LogP contribution in [0.3, 0.4) is 0 Å². The van der Waals surface area contributed by atoms with Crippen LogP contribution < -0.4 is 9.47 Å². The topological polar surface area (TPSA) is 82.4 Å². The molecule has 2 aromatic carbocycles. The Kier molecular flexibility index (Phi) is 5.35. The van der Waals surface area contributed by atoms with E-state index in [1.807, 2.05) is 30.3 Å². The van der Waals surface area contributed by atoms with E-state index in [9.17, 15) is 4.79 Å². The van der Waals surface area contributed by atoms with Gasteiger partial charge in [-0.1, -0.05) is 18.2 Å². The molecule has 0 atom stereocenters. The summed E-state index contributed by atoms with van der Waals surface area (Å²) in [6, 6.07) is 12.9. The number of hydrogen-bond acceptors (Lipinski definition) is 6. The molecule has 140 valence electrons. The van der Waals surface area contributed by atoms with Crippen molar-refractivity contribution in [2.75, 3.05) is 21.3 Å². The van der Waals surface area contributed by atoms with Gasteiger partial charge in [-0.05, 0) is 40.3 Å². The van der Waals surface area contributed by atoms with Gasteiger partial charge in [-0.2, -0.15) is 0 Å². The molecular formula is C19H21N5O3. The van der Waals surface area contributed by atoms with Crippen molar-refractivity contribution in [1.82, 2.24) is 25.1 Å². The van der Waals surface area contributed by atoms with Crippen LogP contribution in [0.25, 0.3) is 11.4 Å². The molecule has 0 radical (unpaired) electrons. The van der Waals surface area contributed by atoms with E-state index >= 15 is 0 Å². The number of methoxy groups -OCH3 is 2. The minimum absolute atomic E-state index is 0.0956. The van der Waals surface area contributed by atoms with Gasteiger partial charge < -0.3 is 14.4 Å². The summed E-state index contributed by atoms with van der Waals surface area (Å²) in [7, 11) is 6.69. The lowest BCUT2D eigenvalue weighted by atomic mass is 10.1. The molecule has 0 saturated heterocycles. The first-order valence-corrected chi connectivity index (χ1v) is 8.32. The van der Waals surface area contributed by atoms with Gasteiger partial charge in [0, 0.05) is 31.8 Å². The maximum Gasteiger partial charge on any atom is 0.253 e. The highest BCUT2D eigenvalue weighted by atomic mass is 16.5. The summed E-state index contributed by atoms with van der Waals surface area (Å²) in [5.41, 5.74) is 2.29. The molecule has 3 rings (SSSR count). The number of benzene rings is 2. The minimum Gasteiger partial charge on any atom is -0.493 e. The molecular weight excluding hydrogens is 346 g/mol. The average Bonchev–Trinajstić information content (AvgIpc) is 3.13. The molecule has 0 aliphatic heterocycles. The Bertz CT molecular complexity index is 954. The number of carbonyl (C=O) groups excluding carboxylic acids is 1. The fourth-order valence-electron chi connectivity index (χ4n) is 2.81. The summed E-state index contributed by atoms with van der Waals surface area (Å²) in [5.74, 6) is 1.79. The highest BCUT2D eigenvalue weighted by molar-refractivity contribution is 5.95. The molecule has 0 aliphatic rings. The van der Waals surface area contributed by atoms with Crippen molar-refractivity contribution in [3.8, 4) is 22.9 Å². The van der Waals surface area contributed by atoms with Gasteiger partial charge in [0.2, 0.25) is 0 Å². The summed E-state index contributed by atoms with van der Waals surface area (Å²) < 4.78 is 12.1. The Balaban J connectivity index is 1.79. The first-order chi connectivity index (χ1) is 13.0. The Labute approximate surface area is 157 Å². The predicted molar refractivity (Wildman–Crippen MR) is 99.6 cm³/mol. The fraction of sp³-hybridized carbons (Fsp3) is 0.263. The molecule has 8 nitrogen and oxygen atoms in total. The van der Waals surface area contributed by atoms with Crippen LogP contribution in [0.4, 0.5) is 0 Å². The highest BCUT2D eigenvalue weighted by Crippen LogP contribution is 2.28. The lowest BCUT2D eigenvalue weighted by molar-refractivity contribution is 0.0785. The van der Waals surface area contributed by atoms with Crippen LogP contribution in [0.1, 0.15) is 15.9 Å². The second-order valence-electron chi connectivity index (χ2n) is 6.06. The van der Waals surface area contributed by atoms with E-state index in [0.29, 0.717) is 29.4 Å². The van der Waals surface area contributed by atoms with E-state index < -0.39 is 0 Å². The van der Waals surface area contributed by atoms with E-state index in [0.717, 1.165) is 11.1 Å². The van der Waals surface area contributed by atoms with Crippen molar-refractivity contribution >= 4 is 5.91 Å². The maximum atomic E-state index is 12.8. The molecule has 0 bridgehead atoms. The molecule has 0 saturated carbocycles. The zero-order chi connectivity index (χ0) is 19.4. The van der Waals surface area contributed by atoms with E-state index in [1.165, 1.54) is 0 Å². The summed E-state index contributed by atoms with van der Waals surface area (Å²) in [6.07, 6.45) is 0. The van der Waals surface area contributed by atoms with Gasteiger partial charge in [0.05, 0.1) is 14.2 Å². The van der Waals surface area contributed by atoms with Gasteiger partial charge in [-0.15, -0.1) is 5.10 Å². The fourth-order valence-corrected chi connectivity index (χ4v) is 2.81. The Morgan fingerprint density at radius 3 is 2.56 bits per heavy atom. The van der Waals surface area contributed by atoms with Crippen molar-refractivity contribution in [2.24, 2.45) is 7.05 Å². The molecule has 0 spiro atoms. The number of hydrogen-bond donors (Lipinski definition) is 0. The number of ether oxygens (including phenoxy) is 2. The lowest BCUT2D eigenvalue weighted by Crippen LogP contribution is -2.26. The summed E-state index contributed by atoms with van der Waals surface area (Å²) >= 11 is 0. The number of amides is 1. The van der Waals surface area contributed by atoms with Crippen molar-refractivity contribution < 1.29 is 14.3 Å². The molecule has 27 heavy (non-hydrogen) atoms. The van der Waals surface area contributed by atoms with Crippen LogP contribution in [0.5, 0.6) is 11.5 Å². The third-order valence-electron chi connectivity index (χ3n) is 4.20. The summed E-state index contributed by atoms with van der Waals surface area (Å²) in [6.45, 7) is 0.439. The minimum atomic E-state index is -0.0956. The van der Waals surface area contributed by atoms with E-state index in [1.54, 1.807) is 50.0 Å². The van der Waals surface area contributed by atoms with Crippen LogP contribution in [-0.4, -0.2) is 52.3 Å². The van der Waals surface area contributed by atoms with Crippen molar-refractivity contribution in [3.05, 3.63) is 53.6 Å². The van der Waals surface area contributed by atoms with E-state index in [4.69, 9.17) is 9.47 Å². The molecule has 1 heterocycles. The molecule has 0 aliphatic carbocycles. The van der Waals surface area contributed by atoms with Crippen LogP contribution in [-0.2, 0) is 13.6 Å². The molecule has 8 heteroatoms. The Morgan fingerprint density at radius 1 is 1.11 bits per heavy atom. The smallest absolute Gasteiger partial charge is 0.253 e. The third-order valence-corrected chi connectivity index (χ3v) is 4.20. The van der Waals surface area contributed by atoms with Gasteiger partial charge in [-0.3, -0.25) is 4.79 Å². The van der Waals surface area contributed by atoms with Gasteiger partial charge in [0.1, 0.15) is 0 Å². The molecule has 0 N–H and O–H groups in total. The van der Waals surface area contributed by atoms with E-state index in [-0.39, 0.29) is 5.91 Å². The zero-order valence-electron chi connectivity index (χ0n) is 15.7. The molecule has 0 unspecified atom stereocenters. The van der Waals surface area contributed by atoms with Gasteiger partial charge in [0.25, 0.3) is 5.91 Å². The number of aromatic nitrogens is 4. The normalized spacial score (nSPS) is 10.5. The molecule has 1 amide bonds. The second kappa shape index (κ2) is 7.86. The predicted octanol–water partition coefficient (Wildman–Crippen LogP) is 2.17. The summed E-state index contributed by atoms with van der Waals surface area (Å²) in [5, 5.41) is 11.5. The van der Waals surface area contributed by atoms with Crippen molar-refractivity contribution in [1.29, 1.82) is 0 Å². The Morgan fingerprint density at radius 2 is 1.89 bits per heavy atom. The van der Waals surface area contributed by atoms with Crippen LogP contribution in [0.2, 0.25) is 0 Å². The molecule has 0 fully saturated rings. The quantitative estimate of drug-likeness (QED) is 0.664. The largest absolute Gasteiger partial charge is 0.493 e. The average molecular weight is 367 g/mol. The SMILES string of the molecule is COc1ccc(CN(C)C(=O)c2cccc(-c3nnnn3C)c2)cc1OC. The molecule has 1 aromatic heterocycles. The van der Waals surface area contributed by atoms with Crippen LogP contribution in [0, 0.1) is 0 Å². The highest BCUT2D eigenvalue weighted by Gasteiger charge is 2.15. The monoisotopic (exact) mass is 367 g/mol.